The van der Waals surface area contributed by atoms with E-state index in [-0.39, 0.29) is 11.7 Å². The molecular formula is C11H14N2O4. The minimum atomic E-state index is -0.625. The normalized spacial score (nSPS) is 10.9. The van der Waals surface area contributed by atoms with Crippen LogP contribution in [0.25, 0.3) is 6.08 Å². The highest BCUT2D eigenvalue weighted by atomic mass is 16.6. The van der Waals surface area contributed by atoms with Crippen LogP contribution in [0.4, 0.5) is 5.88 Å². The van der Waals surface area contributed by atoms with Crippen LogP contribution in [0.2, 0.25) is 0 Å². The smallest absolute Gasteiger partial charge is 0.401 e. The Morgan fingerprint density at radius 3 is 2.82 bits per heavy atom. The molecule has 0 aromatic carbocycles. The van der Waals surface area contributed by atoms with Crippen LogP contribution in [0.3, 0.4) is 0 Å². The molecule has 0 radical (unpaired) electrons. The first-order valence-corrected chi connectivity index (χ1v) is 5.28. The second kappa shape index (κ2) is 6.59. The van der Waals surface area contributed by atoms with Crippen molar-refractivity contribution in [3.05, 3.63) is 34.1 Å². The summed E-state index contributed by atoms with van der Waals surface area (Å²) in [7, 11) is 0. The molecule has 1 rings (SSSR count). The van der Waals surface area contributed by atoms with Gasteiger partial charge < -0.3 is 10.2 Å². The Labute approximate surface area is 98.2 Å². The van der Waals surface area contributed by atoms with Gasteiger partial charge in [0.2, 0.25) is 0 Å². The summed E-state index contributed by atoms with van der Waals surface area (Å²) >= 11 is 0. The maximum Gasteiger partial charge on any atom is 0.433 e. The Bertz CT molecular complexity index is 423. The lowest BCUT2D eigenvalue weighted by Gasteiger charge is -1.93. The fraction of sp³-hybridized carbons (Fsp3) is 0.364. The summed E-state index contributed by atoms with van der Waals surface area (Å²) in [6.45, 7) is 0.571. The molecule has 0 aliphatic rings. The van der Waals surface area contributed by atoms with Crippen LogP contribution >= 0.6 is 0 Å². The number of rotatable bonds is 7. The molecule has 0 fully saturated rings. The number of nitrogens with zero attached hydrogens (tertiary/aromatic N) is 1. The maximum absolute atomic E-state index is 11.3. The van der Waals surface area contributed by atoms with Crippen LogP contribution in [-0.2, 0) is 4.79 Å². The molecule has 2 N–H and O–H groups in total. The molecule has 17 heavy (non-hydrogen) atoms. The van der Waals surface area contributed by atoms with Gasteiger partial charge in [-0.05, 0) is 37.6 Å². The van der Waals surface area contributed by atoms with Crippen molar-refractivity contribution in [1.82, 2.24) is 0 Å². The fourth-order valence-electron chi connectivity index (χ4n) is 1.23. The molecular weight excluding hydrogens is 224 g/mol. The van der Waals surface area contributed by atoms with Crippen LogP contribution in [0.5, 0.6) is 0 Å². The standard InChI is InChI=1S/C11H14N2O4/c12-8-2-1-3-9(14)4-5-10-6-7-11(17-10)13(15)16/h4-7H,1-3,8,12H2/b5-4+. The quantitative estimate of drug-likeness (QED) is 0.338. The molecule has 1 heterocycles. The summed E-state index contributed by atoms with van der Waals surface area (Å²) in [6.07, 6.45) is 4.77. The van der Waals surface area contributed by atoms with Crippen molar-refractivity contribution in [3.63, 3.8) is 0 Å². The lowest BCUT2D eigenvalue weighted by atomic mass is 10.1. The van der Waals surface area contributed by atoms with Crippen molar-refractivity contribution < 1.29 is 14.1 Å². The Balaban J connectivity index is 2.46. The lowest BCUT2D eigenvalue weighted by molar-refractivity contribution is -0.402. The van der Waals surface area contributed by atoms with Gasteiger partial charge in [-0.3, -0.25) is 14.9 Å². The van der Waals surface area contributed by atoms with Gasteiger partial charge >= 0.3 is 5.88 Å². The highest BCUT2D eigenvalue weighted by molar-refractivity contribution is 5.93. The molecule has 0 spiro atoms. The van der Waals surface area contributed by atoms with Gasteiger partial charge in [0.05, 0.1) is 6.07 Å². The topological polar surface area (TPSA) is 99.4 Å². The first-order chi connectivity index (χ1) is 8.13. The Morgan fingerprint density at radius 2 is 2.24 bits per heavy atom. The third-order valence-electron chi connectivity index (χ3n) is 2.10. The van der Waals surface area contributed by atoms with Gasteiger partial charge in [-0.2, -0.15) is 0 Å². The van der Waals surface area contributed by atoms with Crippen LogP contribution < -0.4 is 5.73 Å². The highest BCUT2D eigenvalue weighted by Crippen LogP contribution is 2.16. The number of furan rings is 1. The molecule has 1 aromatic rings. The lowest BCUT2D eigenvalue weighted by Crippen LogP contribution is -2.00. The second-order valence-corrected chi connectivity index (χ2v) is 3.48. The number of ketones is 1. The first-order valence-electron chi connectivity index (χ1n) is 5.28. The molecule has 0 saturated carbocycles. The van der Waals surface area contributed by atoms with E-state index in [1.165, 1.54) is 24.3 Å². The molecule has 6 nitrogen and oxygen atoms in total. The zero-order valence-electron chi connectivity index (χ0n) is 9.30. The van der Waals surface area contributed by atoms with Crippen molar-refractivity contribution in [2.45, 2.75) is 19.3 Å². The van der Waals surface area contributed by atoms with Gasteiger partial charge in [0.15, 0.2) is 5.78 Å². The second-order valence-electron chi connectivity index (χ2n) is 3.48. The van der Waals surface area contributed by atoms with Gasteiger partial charge in [-0.1, -0.05) is 0 Å². The highest BCUT2D eigenvalue weighted by Gasteiger charge is 2.09. The largest absolute Gasteiger partial charge is 0.433 e. The van der Waals surface area contributed by atoms with E-state index in [4.69, 9.17) is 10.2 Å². The summed E-state index contributed by atoms with van der Waals surface area (Å²) in [5, 5.41) is 10.3. The predicted octanol–water partition coefficient (Wildman–Crippen LogP) is 1.90. The monoisotopic (exact) mass is 238 g/mol. The number of hydrogen-bond donors (Lipinski definition) is 1. The third-order valence-corrected chi connectivity index (χ3v) is 2.10. The van der Waals surface area contributed by atoms with E-state index in [0.29, 0.717) is 18.7 Å². The molecule has 0 bridgehead atoms. The Kier molecular flexibility index (Phi) is 5.09. The van der Waals surface area contributed by atoms with Gasteiger partial charge in [0.1, 0.15) is 10.7 Å². The molecule has 0 aliphatic carbocycles. The molecule has 6 heteroatoms. The average Bonchev–Trinajstić information content (AvgIpc) is 2.75. The van der Waals surface area contributed by atoms with E-state index < -0.39 is 4.92 Å². The number of carbonyl (C=O) groups excluding carboxylic acids is 1. The molecule has 92 valence electrons. The number of hydrogen-bond acceptors (Lipinski definition) is 5. The van der Waals surface area contributed by atoms with Crippen LogP contribution in [0.15, 0.2) is 22.6 Å². The Hall–Kier alpha value is -1.95. The molecule has 0 saturated heterocycles. The van der Waals surface area contributed by atoms with Crippen LogP contribution in [-0.4, -0.2) is 17.3 Å². The summed E-state index contributed by atoms with van der Waals surface area (Å²) in [5.74, 6) is -0.0818. The zero-order valence-corrected chi connectivity index (χ0v) is 9.30. The molecule has 1 aromatic heterocycles. The van der Waals surface area contributed by atoms with E-state index in [9.17, 15) is 14.9 Å². The number of nitrogens with two attached hydrogens (primary N) is 1. The van der Waals surface area contributed by atoms with Crippen molar-refractivity contribution in [1.29, 1.82) is 0 Å². The third kappa shape index (κ3) is 4.60. The molecule has 0 unspecified atom stereocenters. The van der Waals surface area contributed by atoms with E-state index in [0.717, 1.165) is 12.8 Å². The summed E-state index contributed by atoms with van der Waals surface area (Å²) in [5.41, 5.74) is 5.30. The van der Waals surface area contributed by atoms with E-state index >= 15 is 0 Å². The fourth-order valence-corrected chi connectivity index (χ4v) is 1.23. The minimum Gasteiger partial charge on any atom is -0.401 e. The Morgan fingerprint density at radius 1 is 1.47 bits per heavy atom. The number of carbonyl (C=O) groups is 1. The molecule has 0 atom stereocenters. The number of unbranched alkanes of at least 4 members (excludes halogenated alkanes) is 1. The van der Waals surface area contributed by atoms with Crippen molar-refractivity contribution in [2.75, 3.05) is 6.54 Å². The van der Waals surface area contributed by atoms with E-state index in [1.807, 2.05) is 0 Å². The van der Waals surface area contributed by atoms with Crippen molar-refractivity contribution >= 4 is 17.7 Å². The van der Waals surface area contributed by atoms with Crippen LogP contribution in [0.1, 0.15) is 25.0 Å². The van der Waals surface area contributed by atoms with Gasteiger partial charge in [0, 0.05) is 6.42 Å². The zero-order chi connectivity index (χ0) is 12.7. The van der Waals surface area contributed by atoms with Gasteiger partial charge in [0.25, 0.3) is 0 Å². The maximum atomic E-state index is 11.3. The van der Waals surface area contributed by atoms with Crippen molar-refractivity contribution in [2.24, 2.45) is 5.73 Å². The van der Waals surface area contributed by atoms with Crippen molar-refractivity contribution in [3.8, 4) is 0 Å². The van der Waals surface area contributed by atoms with Gasteiger partial charge in [-0.25, -0.2) is 0 Å². The number of nitro groups is 1. The summed E-state index contributed by atoms with van der Waals surface area (Å²) in [4.78, 5) is 21.0. The predicted molar refractivity (Wildman–Crippen MR) is 62.3 cm³/mol. The minimum absolute atomic E-state index is 0.0440. The van der Waals surface area contributed by atoms with Gasteiger partial charge in [-0.15, -0.1) is 0 Å². The van der Waals surface area contributed by atoms with Crippen LogP contribution in [0, 0.1) is 10.1 Å². The van der Waals surface area contributed by atoms with E-state index in [2.05, 4.69) is 0 Å². The summed E-state index contributed by atoms with van der Waals surface area (Å²) in [6, 6.07) is 2.69. The average molecular weight is 238 g/mol. The SMILES string of the molecule is NCCCCC(=O)/C=C/c1ccc([N+](=O)[O-])o1. The first kappa shape index (κ1) is 13.1. The van der Waals surface area contributed by atoms with E-state index in [1.54, 1.807) is 0 Å². The summed E-state index contributed by atoms with van der Waals surface area (Å²) < 4.78 is 4.86. The molecule has 0 amide bonds. The molecule has 0 aliphatic heterocycles. The number of allylic oxidation sites excluding steroid dienone is 1.